The van der Waals surface area contributed by atoms with Gasteiger partial charge in [0, 0.05) is 30.5 Å². The maximum absolute atomic E-state index is 12.3. The van der Waals surface area contributed by atoms with Crippen LogP contribution in [0, 0.1) is 0 Å². The van der Waals surface area contributed by atoms with Crippen LogP contribution < -0.4 is 15.0 Å². The first-order valence-electron chi connectivity index (χ1n) is 9.82. The van der Waals surface area contributed by atoms with Crippen molar-refractivity contribution in [1.29, 1.82) is 0 Å². The van der Waals surface area contributed by atoms with E-state index in [4.69, 9.17) is 9.84 Å². The zero-order chi connectivity index (χ0) is 20.1. The second-order valence-corrected chi connectivity index (χ2v) is 7.17. The number of hydrogen-bond donors (Lipinski definition) is 2. The van der Waals surface area contributed by atoms with Gasteiger partial charge in [0.1, 0.15) is 5.75 Å². The average molecular weight is 388 g/mol. The second kappa shape index (κ2) is 8.80. The monoisotopic (exact) mass is 388 g/mol. The Bertz CT molecular complexity index is 971. The van der Waals surface area contributed by atoms with Gasteiger partial charge in [-0.3, -0.25) is 5.32 Å². The minimum absolute atomic E-state index is 0.0284. The quantitative estimate of drug-likeness (QED) is 0.663. The van der Waals surface area contributed by atoms with E-state index in [-0.39, 0.29) is 6.61 Å². The molecule has 0 spiro atoms. The van der Waals surface area contributed by atoms with Crippen LogP contribution in [0.5, 0.6) is 5.75 Å². The number of nitrogens with zero attached hydrogens (tertiary/aromatic N) is 1. The van der Waals surface area contributed by atoms with Gasteiger partial charge in [0.2, 0.25) is 0 Å². The number of fused-ring (bicyclic) bond motifs is 1. The molecule has 5 heteroatoms. The number of anilines is 2. The molecule has 0 aliphatic carbocycles. The van der Waals surface area contributed by atoms with Crippen LogP contribution in [-0.4, -0.2) is 17.7 Å². The summed E-state index contributed by atoms with van der Waals surface area (Å²) in [5.74, 6) is 0.521. The van der Waals surface area contributed by atoms with Gasteiger partial charge in [-0.05, 0) is 47.7 Å². The Balaban J connectivity index is 1.46. The van der Waals surface area contributed by atoms with Crippen molar-refractivity contribution < 1.29 is 14.6 Å². The average Bonchev–Trinajstić information content (AvgIpc) is 2.75. The Labute approximate surface area is 170 Å². The summed E-state index contributed by atoms with van der Waals surface area (Å²) in [6, 6.07) is 23.2. The van der Waals surface area contributed by atoms with Gasteiger partial charge >= 0.3 is 6.09 Å². The van der Waals surface area contributed by atoms with Crippen LogP contribution >= 0.6 is 0 Å². The highest BCUT2D eigenvalue weighted by Gasteiger charge is 2.18. The van der Waals surface area contributed by atoms with E-state index >= 15 is 0 Å². The molecule has 1 aliphatic rings. The fourth-order valence-electron chi connectivity index (χ4n) is 3.61. The third-order valence-electron chi connectivity index (χ3n) is 5.08. The molecule has 1 heterocycles. The summed E-state index contributed by atoms with van der Waals surface area (Å²) in [5.41, 5.74) is 5.07. The number of rotatable bonds is 5. The maximum atomic E-state index is 12.3. The summed E-state index contributed by atoms with van der Waals surface area (Å²) < 4.78 is 5.51. The molecular formula is C24H24N2O3. The van der Waals surface area contributed by atoms with Crippen molar-refractivity contribution in [2.75, 3.05) is 16.8 Å². The van der Waals surface area contributed by atoms with Crippen molar-refractivity contribution in [2.24, 2.45) is 0 Å². The van der Waals surface area contributed by atoms with E-state index in [1.54, 1.807) is 24.3 Å². The Kier molecular flexibility index (Phi) is 5.77. The number of amides is 1. The number of nitrogens with one attached hydrogen (secondary N) is 1. The van der Waals surface area contributed by atoms with Gasteiger partial charge in [0.15, 0.2) is 0 Å². The summed E-state index contributed by atoms with van der Waals surface area (Å²) in [7, 11) is 0. The molecule has 0 bridgehead atoms. The summed E-state index contributed by atoms with van der Waals surface area (Å²) >= 11 is 0. The zero-order valence-electron chi connectivity index (χ0n) is 16.2. The summed E-state index contributed by atoms with van der Waals surface area (Å²) in [4.78, 5) is 14.6. The van der Waals surface area contributed by atoms with Crippen LogP contribution in [0.4, 0.5) is 16.2 Å². The number of aryl methyl sites for hydroxylation is 1. The second-order valence-electron chi connectivity index (χ2n) is 7.17. The third kappa shape index (κ3) is 4.76. The number of carbonyl (C=O) groups excluding carboxylic acids is 1. The van der Waals surface area contributed by atoms with Gasteiger partial charge in [0.25, 0.3) is 0 Å². The Hall–Kier alpha value is -3.31. The predicted octanol–water partition coefficient (Wildman–Crippen LogP) is 4.74. The summed E-state index contributed by atoms with van der Waals surface area (Å²) in [5, 5.41) is 11.8. The van der Waals surface area contributed by atoms with Crippen molar-refractivity contribution in [1.82, 2.24) is 0 Å². The highest BCUT2D eigenvalue weighted by Crippen LogP contribution is 2.32. The molecule has 3 aromatic rings. The van der Waals surface area contributed by atoms with Crippen LogP contribution in [0.25, 0.3) is 0 Å². The van der Waals surface area contributed by atoms with Crippen LogP contribution in [0.15, 0.2) is 72.8 Å². The molecule has 1 amide bonds. The van der Waals surface area contributed by atoms with Crippen molar-refractivity contribution in [3.8, 4) is 5.75 Å². The third-order valence-corrected chi connectivity index (χ3v) is 5.08. The smallest absolute Gasteiger partial charge is 0.410 e. The molecule has 0 aromatic heterocycles. The highest BCUT2D eigenvalue weighted by atomic mass is 16.6. The molecule has 0 fully saturated rings. The maximum Gasteiger partial charge on any atom is 0.417 e. The lowest BCUT2D eigenvalue weighted by Gasteiger charge is -2.31. The lowest BCUT2D eigenvalue weighted by atomic mass is 10.0. The van der Waals surface area contributed by atoms with Crippen molar-refractivity contribution in [2.45, 2.75) is 26.0 Å². The molecular weight excluding hydrogens is 364 g/mol. The van der Waals surface area contributed by atoms with Gasteiger partial charge in [0.05, 0.1) is 6.61 Å². The fraction of sp³-hybridized carbons (Fsp3) is 0.208. The number of ether oxygens (including phenoxy) is 1. The largest absolute Gasteiger partial charge is 0.417 e. The molecule has 1 aliphatic heterocycles. The highest BCUT2D eigenvalue weighted by molar-refractivity contribution is 5.86. The van der Waals surface area contributed by atoms with Crippen LogP contribution in [0.2, 0.25) is 0 Å². The Morgan fingerprint density at radius 1 is 1.00 bits per heavy atom. The van der Waals surface area contributed by atoms with Crippen LogP contribution in [0.3, 0.4) is 0 Å². The number of carbonyl (C=O) groups is 1. The van der Waals surface area contributed by atoms with Crippen LogP contribution in [-0.2, 0) is 19.6 Å². The number of aliphatic hydroxyl groups is 1. The normalized spacial score (nSPS) is 12.9. The molecule has 5 nitrogen and oxygen atoms in total. The lowest BCUT2D eigenvalue weighted by molar-refractivity contribution is 0.215. The first kappa shape index (κ1) is 19.0. The van der Waals surface area contributed by atoms with Gasteiger partial charge in [-0.15, -0.1) is 0 Å². The summed E-state index contributed by atoms with van der Waals surface area (Å²) in [6.45, 7) is 1.79. The molecule has 2 N–H and O–H groups in total. The van der Waals surface area contributed by atoms with Gasteiger partial charge in [-0.25, -0.2) is 4.79 Å². The minimum atomic E-state index is -0.535. The first-order chi connectivity index (χ1) is 14.2. The molecule has 0 atom stereocenters. The van der Waals surface area contributed by atoms with E-state index in [9.17, 15) is 4.79 Å². The van der Waals surface area contributed by atoms with Gasteiger partial charge < -0.3 is 14.7 Å². The molecule has 0 radical (unpaired) electrons. The van der Waals surface area contributed by atoms with Crippen molar-refractivity contribution in [3.63, 3.8) is 0 Å². The molecule has 0 unspecified atom stereocenters. The molecule has 0 saturated heterocycles. The lowest BCUT2D eigenvalue weighted by Crippen LogP contribution is -2.29. The number of hydrogen-bond acceptors (Lipinski definition) is 4. The molecule has 148 valence electrons. The van der Waals surface area contributed by atoms with Gasteiger partial charge in [-0.1, -0.05) is 48.5 Å². The van der Waals surface area contributed by atoms with E-state index in [0.29, 0.717) is 11.4 Å². The molecule has 3 aromatic carbocycles. The van der Waals surface area contributed by atoms with E-state index in [0.717, 1.165) is 37.2 Å². The van der Waals surface area contributed by atoms with E-state index in [1.807, 2.05) is 24.3 Å². The SMILES string of the molecule is O=C(Nc1ccc(CO)cc1)Oc1ccc2c(c1)N(Cc1ccccc1)CCC2. The van der Waals surface area contributed by atoms with E-state index < -0.39 is 6.09 Å². The first-order valence-corrected chi connectivity index (χ1v) is 9.82. The zero-order valence-corrected chi connectivity index (χ0v) is 16.2. The fourth-order valence-corrected chi connectivity index (χ4v) is 3.61. The molecule has 0 saturated carbocycles. The topological polar surface area (TPSA) is 61.8 Å². The van der Waals surface area contributed by atoms with E-state index in [1.165, 1.54) is 11.1 Å². The number of benzene rings is 3. The molecule has 29 heavy (non-hydrogen) atoms. The standard InChI is InChI=1S/C24H24N2O3/c27-17-19-8-11-21(12-9-19)25-24(28)29-22-13-10-20-7-4-14-26(23(20)15-22)16-18-5-2-1-3-6-18/h1-3,5-6,8-13,15,27H,4,7,14,16-17H2,(H,25,28). The minimum Gasteiger partial charge on any atom is -0.410 e. The number of aliphatic hydroxyl groups excluding tert-OH is 1. The summed E-state index contributed by atoms with van der Waals surface area (Å²) in [6.07, 6.45) is 1.61. The predicted molar refractivity (Wildman–Crippen MR) is 114 cm³/mol. The van der Waals surface area contributed by atoms with Crippen LogP contribution in [0.1, 0.15) is 23.1 Å². The van der Waals surface area contributed by atoms with E-state index in [2.05, 4.69) is 34.5 Å². The Morgan fingerprint density at radius 2 is 1.79 bits per heavy atom. The van der Waals surface area contributed by atoms with Crippen molar-refractivity contribution in [3.05, 3.63) is 89.5 Å². The molecule has 4 rings (SSSR count). The van der Waals surface area contributed by atoms with Crippen molar-refractivity contribution >= 4 is 17.5 Å². The Morgan fingerprint density at radius 3 is 2.55 bits per heavy atom. The van der Waals surface area contributed by atoms with Gasteiger partial charge in [-0.2, -0.15) is 0 Å².